The summed E-state index contributed by atoms with van der Waals surface area (Å²) in [5, 5.41) is 5.77. The minimum Gasteiger partial charge on any atom is -0.374 e. The fourth-order valence-corrected chi connectivity index (χ4v) is 2.47. The van der Waals surface area contributed by atoms with Gasteiger partial charge in [-0.15, -0.1) is 11.3 Å². The molecule has 0 saturated heterocycles. The van der Waals surface area contributed by atoms with Gasteiger partial charge < -0.3 is 10.1 Å². The number of carbonyl (C=O) groups is 1. The predicted octanol–water partition coefficient (Wildman–Crippen LogP) is 3.31. The Bertz CT molecular complexity index is 591. The van der Waals surface area contributed by atoms with Crippen LogP contribution in [0.25, 0.3) is 0 Å². The third kappa shape index (κ3) is 4.95. The van der Waals surface area contributed by atoms with Gasteiger partial charge in [0.2, 0.25) is 0 Å². The van der Waals surface area contributed by atoms with Gasteiger partial charge in [0.05, 0.1) is 19.3 Å². The van der Waals surface area contributed by atoms with Crippen LogP contribution in [-0.2, 0) is 17.9 Å². The van der Waals surface area contributed by atoms with Gasteiger partial charge in [-0.25, -0.2) is 4.98 Å². The van der Waals surface area contributed by atoms with Crippen LogP contribution < -0.4 is 5.32 Å². The summed E-state index contributed by atoms with van der Waals surface area (Å²) in [6.07, 6.45) is 0.203. The van der Waals surface area contributed by atoms with E-state index in [0.717, 1.165) is 16.3 Å². The van der Waals surface area contributed by atoms with E-state index in [1.807, 2.05) is 50.4 Å². The summed E-state index contributed by atoms with van der Waals surface area (Å²) in [6.45, 7) is 6.98. The number of aryl methyl sites for hydroxylation is 1. The highest BCUT2D eigenvalue weighted by molar-refractivity contribution is 7.09. The Labute approximate surface area is 129 Å². The Kier molecular flexibility index (Phi) is 5.47. The van der Waals surface area contributed by atoms with Crippen molar-refractivity contribution in [3.05, 3.63) is 51.5 Å². The lowest BCUT2D eigenvalue weighted by Gasteiger charge is -2.08. The number of ether oxygens (including phenoxy) is 1. The number of benzene rings is 1. The molecule has 21 heavy (non-hydrogen) atoms. The molecule has 0 aliphatic rings. The summed E-state index contributed by atoms with van der Waals surface area (Å²) >= 11 is 1.56. The Morgan fingerprint density at radius 2 is 2.05 bits per heavy atom. The Hall–Kier alpha value is -1.72. The minimum absolute atomic E-state index is 0.0841. The van der Waals surface area contributed by atoms with E-state index < -0.39 is 0 Å². The average molecular weight is 304 g/mol. The second kappa shape index (κ2) is 7.33. The molecule has 2 rings (SSSR count). The number of aromatic nitrogens is 1. The predicted molar refractivity (Wildman–Crippen MR) is 84.4 cm³/mol. The van der Waals surface area contributed by atoms with E-state index >= 15 is 0 Å². The van der Waals surface area contributed by atoms with E-state index in [0.29, 0.717) is 18.7 Å². The van der Waals surface area contributed by atoms with Crippen LogP contribution in [0.15, 0.2) is 29.6 Å². The van der Waals surface area contributed by atoms with E-state index in [1.54, 1.807) is 11.3 Å². The molecular formula is C16H20N2O2S. The van der Waals surface area contributed by atoms with Gasteiger partial charge in [0, 0.05) is 16.6 Å². The molecule has 0 aliphatic carbocycles. The highest BCUT2D eigenvalue weighted by Gasteiger charge is 2.07. The van der Waals surface area contributed by atoms with Gasteiger partial charge >= 0.3 is 0 Å². The molecule has 0 aliphatic heterocycles. The zero-order valence-electron chi connectivity index (χ0n) is 12.6. The highest BCUT2D eigenvalue weighted by atomic mass is 32.1. The number of nitrogens with one attached hydrogen (secondary N) is 1. The number of nitrogens with zero attached hydrogens (tertiary/aromatic N) is 1. The van der Waals surface area contributed by atoms with Crippen LogP contribution in [0.1, 0.15) is 40.5 Å². The first-order valence-corrected chi connectivity index (χ1v) is 7.82. The zero-order valence-corrected chi connectivity index (χ0v) is 13.4. The number of amides is 1. The minimum atomic E-state index is -0.0841. The molecule has 1 N–H and O–H groups in total. The van der Waals surface area contributed by atoms with Gasteiger partial charge in [0.25, 0.3) is 5.91 Å². The van der Waals surface area contributed by atoms with Crippen LogP contribution in [0, 0.1) is 6.92 Å². The quantitative estimate of drug-likeness (QED) is 0.891. The summed E-state index contributed by atoms with van der Waals surface area (Å²) in [7, 11) is 0. The third-order valence-electron chi connectivity index (χ3n) is 2.87. The number of thiazole rings is 1. The van der Waals surface area contributed by atoms with Crippen molar-refractivity contribution in [3.63, 3.8) is 0 Å². The van der Waals surface area contributed by atoms with Gasteiger partial charge in [-0.2, -0.15) is 0 Å². The first kappa shape index (κ1) is 15.7. The van der Waals surface area contributed by atoms with Gasteiger partial charge in [0.15, 0.2) is 0 Å². The summed E-state index contributed by atoms with van der Waals surface area (Å²) in [5.74, 6) is -0.0841. The molecule has 0 unspecified atom stereocenters. The van der Waals surface area contributed by atoms with Crippen LogP contribution in [0.4, 0.5) is 0 Å². The van der Waals surface area contributed by atoms with Gasteiger partial charge in [0.1, 0.15) is 5.01 Å². The maximum Gasteiger partial charge on any atom is 0.251 e. The molecule has 112 valence electrons. The van der Waals surface area contributed by atoms with E-state index in [1.165, 1.54) is 0 Å². The molecule has 0 saturated carbocycles. The molecule has 0 atom stereocenters. The van der Waals surface area contributed by atoms with Crippen molar-refractivity contribution in [2.24, 2.45) is 0 Å². The molecule has 1 heterocycles. The van der Waals surface area contributed by atoms with Crippen molar-refractivity contribution >= 4 is 17.2 Å². The Morgan fingerprint density at radius 1 is 1.33 bits per heavy atom. The smallest absolute Gasteiger partial charge is 0.251 e. The Morgan fingerprint density at radius 3 is 2.62 bits per heavy atom. The first-order valence-electron chi connectivity index (χ1n) is 6.94. The van der Waals surface area contributed by atoms with Gasteiger partial charge in [-0.3, -0.25) is 4.79 Å². The normalized spacial score (nSPS) is 10.9. The van der Waals surface area contributed by atoms with Gasteiger partial charge in [-0.1, -0.05) is 12.1 Å². The van der Waals surface area contributed by atoms with Crippen LogP contribution >= 0.6 is 11.3 Å². The summed E-state index contributed by atoms with van der Waals surface area (Å²) < 4.78 is 5.53. The molecule has 4 nitrogen and oxygen atoms in total. The van der Waals surface area contributed by atoms with Crippen molar-refractivity contribution in [2.45, 2.75) is 40.0 Å². The third-order valence-corrected chi connectivity index (χ3v) is 3.83. The monoisotopic (exact) mass is 304 g/mol. The lowest BCUT2D eigenvalue weighted by molar-refractivity contribution is 0.0657. The standard InChI is InChI=1S/C16H20N2O2S/c1-11(2)20-9-13-4-6-14(7-5-13)16(19)17-8-15-18-12(3)10-21-15/h4-7,10-11H,8-9H2,1-3H3,(H,17,19). The van der Waals surface area contributed by atoms with Crippen molar-refractivity contribution < 1.29 is 9.53 Å². The molecule has 1 aromatic carbocycles. The zero-order chi connectivity index (χ0) is 15.2. The lowest BCUT2D eigenvalue weighted by Crippen LogP contribution is -2.22. The molecule has 0 bridgehead atoms. The lowest BCUT2D eigenvalue weighted by atomic mass is 10.1. The molecular weight excluding hydrogens is 284 g/mol. The molecule has 0 fully saturated rings. The second-order valence-electron chi connectivity index (χ2n) is 5.12. The number of rotatable bonds is 6. The number of hydrogen-bond donors (Lipinski definition) is 1. The Balaban J connectivity index is 1.87. The summed E-state index contributed by atoms with van der Waals surface area (Å²) in [6, 6.07) is 7.48. The van der Waals surface area contributed by atoms with Crippen LogP contribution in [0.3, 0.4) is 0 Å². The summed E-state index contributed by atoms with van der Waals surface area (Å²) in [4.78, 5) is 16.4. The van der Waals surface area contributed by atoms with Crippen molar-refractivity contribution in [3.8, 4) is 0 Å². The molecule has 2 aromatic rings. The van der Waals surface area contributed by atoms with E-state index in [4.69, 9.17) is 4.74 Å². The molecule has 5 heteroatoms. The van der Waals surface area contributed by atoms with Crippen molar-refractivity contribution in [1.82, 2.24) is 10.3 Å². The highest BCUT2D eigenvalue weighted by Crippen LogP contribution is 2.10. The van der Waals surface area contributed by atoms with E-state index in [-0.39, 0.29) is 12.0 Å². The molecule has 0 radical (unpaired) electrons. The maximum atomic E-state index is 12.0. The number of carbonyl (C=O) groups excluding carboxylic acids is 1. The molecule has 1 amide bonds. The van der Waals surface area contributed by atoms with Crippen LogP contribution in [-0.4, -0.2) is 17.0 Å². The maximum absolute atomic E-state index is 12.0. The van der Waals surface area contributed by atoms with Gasteiger partial charge in [-0.05, 0) is 38.5 Å². The van der Waals surface area contributed by atoms with Crippen molar-refractivity contribution in [1.29, 1.82) is 0 Å². The van der Waals surface area contributed by atoms with Crippen LogP contribution in [0.2, 0.25) is 0 Å². The fourth-order valence-electron chi connectivity index (χ4n) is 1.76. The second-order valence-corrected chi connectivity index (χ2v) is 6.06. The first-order chi connectivity index (χ1) is 10.0. The topological polar surface area (TPSA) is 51.2 Å². The number of hydrogen-bond acceptors (Lipinski definition) is 4. The molecule has 1 aromatic heterocycles. The fraction of sp³-hybridized carbons (Fsp3) is 0.375. The van der Waals surface area contributed by atoms with E-state index in [2.05, 4.69) is 10.3 Å². The van der Waals surface area contributed by atoms with E-state index in [9.17, 15) is 4.79 Å². The SMILES string of the molecule is Cc1csc(CNC(=O)c2ccc(COC(C)C)cc2)n1. The largest absolute Gasteiger partial charge is 0.374 e. The van der Waals surface area contributed by atoms with Crippen LogP contribution in [0.5, 0.6) is 0 Å². The van der Waals surface area contributed by atoms with Crippen molar-refractivity contribution in [2.75, 3.05) is 0 Å². The average Bonchev–Trinajstić information content (AvgIpc) is 2.89. The summed E-state index contributed by atoms with van der Waals surface area (Å²) in [5.41, 5.74) is 2.70. The molecule has 0 spiro atoms.